The second-order valence-corrected chi connectivity index (χ2v) is 6.78. The van der Waals surface area contributed by atoms with E-state index in [1.54, 1.807) is 0 Å². The van der Waals surface area contributed by atoms with Gasteiger partial charge in [-0.1, -0.05) is 6.92 Å². The molecule has 0 bridgehead atoms. The van der Waals surface area contributed by atoms with Crippen molar-refractivity contribution in [2.75, 3.05) is 25.0 Å². The largest absolute Gasteiger partial charge is 0.381 e. The summed E-state index contributed by atoms with van der Waals surface area (Å²) < 4.78 is 0.442. The highest BCUT2D eigenvalue weighted by Crippen LogP contribution is 2.10. The minimum atomic E-state index is -0.473. The fourth-order valence-corrected chi connectivity index (χ4v) is 2.81. The van der Waals surface area contributed by atoms with Crippen LogP contribution in [0.25, 0.3) is 0 Å². The second-order valence-electron chi connectivity index (χ2n) is 5.70. The maximum atomic E-state index is 11.7. The molecule has 140 valence electrons. The number of halogens is 1. The van der Waals surface area contributed by atoms with E-state index in [0.717, 1.165) is 19.3 Å². The zero-order valence-corrected chi connectivity index (χ0v) is 16.4. The zero-order valence-electron chi connectivity index (χ0n) is 14.3. The van der Waals surface area contributed by atoms with Crippen LogP contribution in [0.4, 0.5) is 5.69 Å². The number of unbranched alkanes of at least 4 members (excludes halogenated alkanes) is 2. The van der Waals surface area contributed by atoms with Gasteiger partial charge in [0.15, 0.2) is 0 Å². The molecule has 0 spiro atoms. The first-order chi connectivity index (χ1) is 11.9. The van der Waals surface area contributed by atoms with E-state index in [2.05, 4.69) is 10.6 Å². The van der Waals surface area contributed by atoms with Crippen LogP contribution in [0.15, 0.2) is 9.59 Å². The molecule has 9 heteroatoms. The van der Waals surface area contributed by atoms with Crippen molar-refractivity contribution in [2.45, 2.75) is 45.4 Å². The van der Waals surface area contributed by atoms with E-state index in [1.807, 2.05) is 29.5 Å². The molecule has 25 heavy (non-hydrogen) atoms. The van der Waals surface area contributed by atoms with E-state index in [-0.39, 0.29) is 25.3 Å². The summed E-state index contributed by atoms with van der Waals surface area (Å²) in [6.07, 6.45) is 2.99. The smallest absolute Gasteiger partial charge is 0.251 e. The standard InChI is InChI=1S/C16H24IN3O5/c1-2-8-18-11(21)6-7-12(22)20(25)10-5-3-4-9-19-14-13(17)15(23)16(14)24/h19,25H,2-10H2,1H3,(H,18,21). The minimum Gasteiger partial charge on any atom is -0.381 e. The van der Waals surface area contributed by atoms with Crippen LogP contribution < -0.4 is 21.5 Å². The van der Waals surface area contributed by atoms with Crippen molar-refractivity contribution in [1.82, 2.24) is 10.4 Å². The SMILES string of the molecule is CCCNC(=O)CCC(=O)N(O)CCCCCNc1c(I)c(=O)c1=O. The first-order valence-electron chi connectivity index (χ1n) is 8.37. The van der Waals surface area contributed by atoms with Crippen LogP contribution in [0.5, 0.6) is 0 Å². The summed E-state index contributed by atoms with van der Waals surface area (Å²) in [4.78, 5) is 45.4. The molecule has 0 aromatic heterocycles. The molecular weight excluding hydrogens is 441 g/mol. The van der Waals surface area contributed by atoms with Crippen molar-refractivity contribution in [3.63, 3.8) is 0 Å². The number of carbonyl (C=O) groups is 2. The van der Waals surface area contributed by atoms with E-state index < -0.39 is 16.8 Å². The van der Waals surface area contributed by atoms with Gasteiger partial charge in [0.1, 0.15) is 5.69 Å². The van der Waals surface area contributed by atoms with Crippen molar-refractivity contribution in [1.29, 1.82) is 0 Å². The van der Waals surface area contributed by atoms with Crippen molar-refractivity contribution < 1.29 is 14.8 Å². The Hall–Kier alpha value is -1.49. The maximum Gasteiger partial charge on any atom is 0.251 e. The van der Waals surface area contributed by atoms with Crippen LogP contribution in [0.2, 0.25) is 0 Å². The number of anilines is 1. The molecule has 0 saturated carbocycles. The normalized spacial score (nSPS) is 10.7. The molecule has 3 N–H and O–H groups in total. The van der Waals surface area contributed by atoms with Gasteiger partial charge in [0, 0.05) is 32.5 Å². The van der Waals surface area contributed by atoms with E-state index in [0.29, 0.717) is 33.8 Å². The fourth-order valence-electron chi connectivity index (χ4n) is 2.13. The number of hydroxylamine groups is 2. The minimum absolute atomic E-state index is 0.0175. The van der Waals surface area contributed by atoms with Crippen molar-refractivity contribution in [2.24, 2.45) is 0 Å². The van der Waals surface area contributed by atoms with Gasteiger partial charge in [0.2, 0.25) is 17.2 Å². The second kappa shape index (κ2) is 11.2. The Morgan fingerprint density at radius 1 is 1.08 bits per heavy atom. The molecular formula is C16H24IN3O5. The monoisotopic (exact) mass is 465 g/mol. The lowest BCUT2D eigenvalue weighted by atomic mass is 10.2. The Kier molecular flexibility index (Phi) is 9.65. The maximum absolute atomic E-state index is 11.7. The number of nitrogens with one attached hydrogen (secondary N) is 2. The van der Waals surface area contributed by atoms with Gasteiger partial charge < -0.3 is 10.6 Å². The lowest BCUT2D eigenvalue weighted by Gasteiger charge is -2.15. The van der Waals surface area contributed by atoms with Gasteiger partial charge in [0.25, 0.3) is 5.43 Å². The van der Waals surface area contributed by atoms with Gasteiger partial charge in [-0.15, -0.1) is 0 Å². The van der Waals surface area contributed by atoms with E-state index in [1.165, 1.54) is 0 Å². The highest BCUT2D eigenvalue weighted by atomic mass is 127. The number of carbonyl (C=O) groups excluding carboxylic acids is 2. The molecule has 0 aliphatic heterocycles. The molecule has 0 atom stereocenters. The average molecular weight is 465 g/mol. The molecule has 0 radical (unpaired) electrons. The molecule has 8 nitrogen and oxygen atoms in total. The number of hydrogen-bond acceptors (Lipinski definition) is 6. The van der Waals surface area contributed by atoms with Crippen LogP contribution in [-0.2, 0) is 9.59 Å². The van der Waals surface area contributed by atoms with E-state index in [4.69, 9.17) is 0 Å². The molecule has 0 heterocycles. The van der Waals surface area contributed by atoms with Crippen LogP contribution >= 0.6 is 22.6 Å². The summed E-state index contributed by atoms with van der Waals surface area (Å²) in [5.74, 6) is -0.661. The van der Waals surface area contributed by atoms with E-state index in [9.17, 15) is 24.4 Å². The third-order valence-electron chi connectivity index (χ3n) is 3.63. The molecule has 0 fully saturated rings. The quantitative estimate of drug-likeness (QED) is 0.140. The molecule has 2 amide bonds. The number of rotatable bonds is 12. The Bertz CT molecular complexity index is 654. The van der Waals surface area contributed by atoms with Gasteiger partial charge in [0.05, 0.1) is 3.57 Å². The fraction of sp³-hybridized carbons (Fsp3) is 0.625. The topological polar surface area (TPSA) is 116 Å². The van der Waals surface area contributed by atoms with Crippen LogP contribution in [0.3, 0.4) is 0 Å². The molecule has 1 rings (SSSR count). The molecule has 0 aliphatic carbocycles. The Morgan fingerprint density at radius 2 is 1.80 bits per heavy atom. The molecule has 0 unspecified atom stereocenters. The first-order valence-corrected chi connectivity index (χ1v) is 9.45. The van der Waals surface area contributed by atoms with Crippen molar-refractivity contribution in [3.05, 3.63) is 24.0 Å². The lowest BCUT2D eigenvalue weighted by molar-refractivity contribution is -0.166. The van der Waals surface area contributed by atoms with Crippen molar-refractivity contribution >= 4 is 40.1 Å². The predicted molar refractivity (Wildman–Crippen MR) is 102 cm³/mol. The zero-order chi connectivity index (χ0) is 18.8. The predicted octanol–water partition coefficient (Wildman–Crippen LogP) is 0.994. The molecule has 0 saturated heterocycles. The summed E-state index contributed by atoms with van der Waals surface area (Å²) in [7, 11) is 0. The molecule has 1 aromatic carbocycles. The Morgan fingerprint density at radius 3 is 2.44 bits per heavy atom. The first kappa shape index (κ1) is 21.6. The van der Waals surface area contributed by atoms with Crippen LogP contribution in [0.1, 0.15) is 45.4 Å². The van der Waals surface area contributed by atoms with Gasteiger partial charge in [-0.05, 0) is 48.3 Å². The average Bonchev–Trinajstić information content (AvgIpc) is 2.62. The Labute approximate surface area is 159 Å². The van der Waals surface area contributed by atoms with Gasteiger partial charge >= 0.3 is 0 Å². The summed E-state index contributed by atoms with van der Waals surface area (Å²) in [6.45, 7) is 3.28. The number of amides is 2. The molecule has 1 aromatic rings. The highest BCUT2D eigenvalue weighted by molar-refractivity contribution is 14.1. The van der Waals surface area contributed by atoms with Crippen LogP contribution in [-0.4, -0.2) is 41.7 Å². The van der Waals surface area contributed by atoms with E-state index >= 15 is 0 Å². The summed E-state index contributed by atoms with van der Waals surface area (Å²) in [6, 6.07) is 0. The number of hydrogen-bond donors (Lipinski definition) is 3. The van der Waals surface area contributed by atoms with Gasteiger partial charge in [-0.2, -0.15) is 0 Å². The highest BCUT2D eigenvalue weighted by Gasteiger charge is 2.17. The molecule has 0 aliphatic rings. The van der Waals surface area contributed by atoms with Gasteiger partial charge in [-0.25, -0.2) is 5.06 Å². The Balaban J connectivity index is 2.09. The third-order valence-corrected chi connectivity index (χ3v) is 4.66. The van der Waals surface area contributed by atoms with Crippen molar-refractivity contribution in [3.8, 4) is 0 Å². The lowest BCUT2D eigenvalue weighted by Crippen LogP contribution is -2.37. The summed E-state index contributed by atoms with van der Waals surface area (Å²) in [5.41, 5.74) is -0.536. The summed E-state index contributed by atoms with van der Waals surface area (Å²) >= 11 is 1.84. The third kappa shape index (κ3) is 7.10. The number of nitrogens with zero attached hydrogens (tertiary/aromatic N) is 1. The summed E-state index contributed by atoms with van der Waals surface area (Å²) in [5, 5.41) is 15.9. The van der Waals surface area contributed by atoms with Gasteiger partial charge in [-0.3, -0.25) is 24.4 Å². The van der Waals surface area contributed by atoms with Crippen LogP contribution in [0, 0.1) is 3.57 Å².